The van der Waals surface area contributed by atoms with Gasteiger partial charge < -0.3 is 4.79 Å². The molecule has 0 radical (unpaired) electrons. The molecule has 14 heavy (non-hydrogen) atoms. The van der Waals surface area contributed by atoms with Gasteiger partial charge in [0.05, 0.1) is 0 Å². The smallest absolute Gasteiger partial charge is 0.129 e. The Morgan fingerprint density at radius 3 is 2.86 bits per heavy atom. The van der Waals surface area contributed by atoms with Crippen molar-refractivity contribution in [1.82, 2.24) is 0 Å². The molecule has 1 fully saturated rings. The molecule has 1 atom stereocenters. The molecule has 0 saturated carbocycles. The minimum absolute atomic E-state index is 0.307. The highest BCUT2D eigenvalue weighted by Crippen LogP contribution is 2.50. The van der Waals surface area contributed by atoms with Crippen molar-refractivity contribution in [3.05, 3.63) is 12.7 Å². The topological polar surface area (TPSA) is 17.1 Å². The van der Waals surface area contributed by atoms with Gasteiger partial charge in [0, 0.05) is 16.9 Å². The van der Waals surface area contributed by atoms with Gasteiger partial charge in [0.1, 0.15) is 5.78 Å². The number of rotatable bonds is 6. The molecule has 1 aliphatic heterocycles. The zero-order chi connectivity index (χ0) is 10.4. The zero-order valence-electron chi connectivity index (χ0n) is 8.75. The Labute approximate surface area is 94.5 Å². The van der Waals surface area contributed by atoms with Gasteiger partial charge >= 0.3 is 0 Å². The Morgan fingerprint density at radius 2 is 2.36 bits per heavy atom. The second kappa shape index (κ2) is 5.86. The summed E-state index contributed by atoms with van der Waals surface area (Å²) in [6, 6.07) is 0. The summed E-state index contributed by atoms with van der Waals surface area (Å²) in [6.07, 6.45) is 7.46. The summed E-state index contributed by atoms with van der Waals surface area (Å²) in [5, 5.41) is 0. The van der Waals surface area contributed by atoms with Crippen molar-refractivity contribution in [3.8, 4) is 0 Å². The minimum atomic E-state index is 0.307. The van der Waals surface area contributed by atoms with E-state index in [2.05, 4.69) is 12.7 Å². The van der Waals surface area contributed by atoms with Crippen LogP contribution in [0.25, 0.3) is 0 Å². The molecule has 0 spiro atoms. The maximum atomic E-state index is 10.8. The Hall–Kier alpha value is 0.110. The van der Waals surface area contributed by atoms with Crippen molar-refractivity contribution >= 4 is 27.4 Å². The van der Waals surface area contributed by atoms with Crippen LogP contribution in [0.3, 0.4) is 0 Å². The van der Waals surface area contributed by atoms with Gasteiger partial charge in [-0.25, -0.2) is 0 Å². The number of unbranched alkanes of at least 4 members (excludes halogenated alkanes) is 1. The summed E-state index contributed by atoms with van der Waals surface area (Å²) in [4.78, 5) is 10.8. The average molecular weight is 230 g/mol. The van der Waals surface area contributed by atoms with E-state index in [1.807, 2.05) is 21.6 Å². The molecule has 0 aliphatic carbocycles. The number of ketones is 1. The summed E-state index contributed by atoms with van der Waals surface area (Å²) < 4.78 is 0.307. The third-order valence-electron chi connectivity index (χ3n) is 2.58. The number of hydrogen-bond donors (Lipinski definition) is 0. The molecule has 0 aromatic carbocycles. The molecule has 80 valence electrons. The second-order valence-corrected chi connectivity index (χ2v) is 6.66. The zero-order valence-corrected chi connectivity index (χ0v) is 10.4. The predicted molar refractivity (Wildman–Crippen MR) is 66.7 cm³/mol. The first kappa shape index (κ1) is 12.2. The van der Waals surface area contributed by atoms with Gasteiger partial charge in [0.25, 0.3) is 0 Å². The van der Waals surface area contributed by atoms with E-state index in [1.54, 1.807) is 6.92 Å². The Balaban J connectivity index is 2.21. The monoisotopic (exact) mass is 230 g/mol. The first-order chi connectivity index (χ1) is 6.68. The van der Waals surface area contributed by atoms with Gasteiger partial charge in [-0.1, -0.05) is 34.1 Å². The van der Waals surface area contributed by atoms with Crippen molar-refractivity contribution in [2.75, 3.05) is 5.75 Å². The molecular weight excluding hydrogens is 212 g/mol. The van der Waals surface area contributed by atoms with Crippen LogP contribution in [0.1, 0.15) is 39.0 Å². The van der Waals surface area contributed by atoms with Crippen molar-refractivity contribution in [2.45, 2.75) is 43.8 Å². The Kier molecular flexibility index (Phi) is 5.10. The van der Waals surface area contributed by atoms with Crippen LogP contribution in [0.4, 0.5) is 0 Å². The van der Waals surface area contributed by atoms with Crippen LogP contribution >= 0.6 is 21.6 Å². The van der Waals surface area contributed by atoms with Crippen LogP contribution in [-0.4, -0.2) is 16.3 Å². The van der Waals surface area contributed by atoms with Crippen LogP contribution in [0, 0.1) is 0 Å². The van der Waals surface area contributed by atoms with E-state index < -0.39 is 0 Å². The number of carbonyl (C=O) groups is 1. The van der Waals surface area contributed by atoms with Crippen LogP contribution in [-0.2, 0) is 4.79 Å². The highest BCUT2D eigenvalue weighted by atomic mass is 33.1. The normalized spacial score (nSPS) is 26.4. The third-order valence-corrected chi connectivity index (χ3v) is 5.83. The minimum Gasteiger partial charge on any atom is -0.300 e. The first-order valence-corrected chi connectivity index (χ1v) is 7.44. The third kappa shape index (κ3) is 3.70. The number of Topliss-reactive ketones (excluding diaryl/α,β-unsaturated/α-hetero) is 1. The molecule has 0 N–H and O–H groups in total. The average Bonchev–Trinajstić information content (AvgIpc) is 2.62. The molecular formula is C11H18OS2. The standard InChI is InChI=1S/C11H18OS2/c1-3-11(8-9-13-14-11)7-5-4-6-10(2)12/h3H,1,4-9H2,2H3/t11-/m1/s1. The maximum Gasteiger partial charge on any atom is 0.129 e. The molecule has 1 saturated heterocycles. The molecule has 1 heterocycles. The lowest BCUT2D eigenvalue weighted by Gasteiger charge is -2.22. The fraction of sp³-hybridized carbons (Fsp3) is 0.727. The summed E-state index contributed by atoms with van der Waals surface area (Å²) in [6.45, 7) is 5.60. The van der Waals surface area contributed by atoms with Crippen molar-refractivity contribution in [2.24, 2.45) is 0 Å². The van der Waals surface area contributed by atoms with Gasteiger partial charge in [0.15, 0.2) is 0 Å². The van der Waals surface area contributed by atoms with Crippen LogP contribution in [0.5, 0.6) is 0 Å². The molecule has 0 unspecified atom stereocenters. The summed E-state index contributed by atoms with van der Waals surface area (Å²) in [5.74, 6) is 1.55. The lowest BCUT2D eigenvalue weighted by atomic mass is 9.97. The molecule has 1 aliphatic rings. The van der Waals surface area contributed by atoms with Crippen molar-refractivity contribution < 1.29 is 4.79 Å². The van der Waals surface area contributed by atoms with Gasteiger partial charge in [-0.05, 0) is 26.2 Å². The molecule has 1 rings (SSSR count). The molecule has 0 amide bonds. The Morgan fingerprint density at radius 1 is 1.57 bits per heavy atom. The van der Waals surface area contributed by atoms with Gasteiger partial charge in [0.2, 0.25) is 0 Å². The maximum absolute atomic E-state index is 10.8. The lowest BCUT2D eigenvalue weighted by molar-refractivity contribution is -0.117. The highest BCUT2D eigenvalue weighted by molar-refractivity contribution is 8.77. The fourth-order valence-corrected chi connectivity index (χ4v) is 4.90. The van der Waals surface area contributed by atoms with E-state index in [0.717, 1.165) is 19.3 Å². The number of hydrogen-bond acceptors (Lipinski definition) is 3. The van der Waals surface area contributed by atoms with Crippen molar-refractivity contribution in [3.63, 3.8) is 0 Å². The van der Waals surface area contributed by atoms with E-state index in [9.17, 15) is 4.79 Å². The van der Waals surface area contributed by atoms with Crippen LogP contribution < -0.4 is 0 Å². The van der Waals surface area contributed by atoms with E-state index in [1.165, 1.54) is 18.6 Å². The summed E-state index contributed by atoms with van der Waals surface area (Å²) in [7, 11) is 3.91. The largest absolute Gasteiger partial charge is 0.300 e. The van der Waals surface area contributed by atoms with E-state index in [4.69, 9.17) is 0 Å². The van der Waals surface area contributed by atoms with Gasteiger partial charge in [-0.3, -0.25) is 0 Å². The van der Waals surface area contributed by atoms with E-state index in [0.29, 0.717) is 10.5 Å². The van der Waals surface area contributed by atoms with Crippen LogP contribution in [0.15, 0.2) is 12.7 Å². The van der Waals surface area contributed by atoms with E-state index >= 15 is 0 Å². The van der Waals surface area contributed by atoms with E-state index in [-0.39, 0.29) is 0 Å². The SMILES string of the molecule is C=C[C@@]1(CCCCC(C)=O)CCSS1. The predicted octanol–water partition coefficient (Wildman–Crippen LogP) is 3.85. The molecule has 0 bridgehead atoms. The quantitative estimate of drug-likeness (QED) is 0.392. The van der Waals surface area contributed by atoms with Crippen molar-refractivity contribution in [1.29, 1.82) is 0 Å². The lowest BCUT2D eigenvalue weighted by Crippen LogP contribution is -2.17. The highest BCUT2D eigenvalue weighted by Gasteiger charge is 2.31. The summed E-state index contributed by atoms with van der Waals surface area (Å²) in [5.41, 5.74) is 0. The van der Waals surface area contributed by atoms with Crippen LogP contribution in [0.2, 0.25) is 0 Å². The van der Waals surface area contributed by atoms with Gasteiger partial charge in [-0.15, -0.1) is 6.58 Å². The number of carbonyl (C=O) groups excluding carboxylic acids is 1. The molecule has 0 aromatic heterocycles. The molecule has 1 nitrogen and oxygen atoms in total. The summed E-state index contributed by atoms with van der Waals surface area (Å²) >= 11 is 0. The molecule has 3 heteroatoms. The molecule has 0 aromatic rings. The second-order valence-electron chi connectivity index (χ2n) is 3.83. The van der Waals surface area contributed by atoms with Gasteiger partial charge in [-0.2, -0.15) is 0 Å². The fourth-order valence-electron chi connectivity index (χ4n) is 1.62. The first-order valence-electron chi connectivity index (χ1n) is 5.12. The Bertz CT molecular complexity index is 207.